The first-order valence-corrected chi connectivity index (χ1v) is 6.33. The first kappa shape index (κ1) is 12.8. The zero-order chi connectivity index (χ0) is 13.2. The Morgan fingerprint density at radius 1 is 1.56 bits per heavy atom. The lowest BCUT2D eigenvalue weighted by Crippen LogP contribution is -2.34. The van der Waals surface area contributed by atoms with Gasteiger partial charge in [0.05, 0.1) is 17.0 Å². The molecule has 0 bridgehead atoms. The van der Waals surface area contributed by atoms with Crippen molar-refractivity contribution in [3.05, 3.63) is 24.3 Å². The van der Waals surface area contributed by atoms with Crippen LogP contribution >= 0.6 is 12.2 Å². The largest absolute Gasteiger partial charge is 0.494 e. The van der Waals surface area contributed by atoms with E-state index in [1.807, 2.05) is 25.1 Å². The average Bonchev–Trinajstić information content (AvgIpc) is 3.10. The molecule has 1 amide bonds. The van der Waals surface area contributed by atoms with Gasteiger partial charge >= 0.3 is 0 Å². The van der Waals surface area contributed by atoms with Crippen LogP contribution in [0.1, 0.15) is 19.8 Å². The number of thiocarbonyl (C=S) groups is 1. The molecule has 1 aromatic carbocycles. The molecule has 0 spiro atoms. The van der Waals surface area contributed by atoms with Crippen molar-refractivity contribution in [1.29, 1.82) is 0 Å². The summed E-state index contributed by atoms with van der Waals surface area (Å²) in [5.74, 6) is 0.610. The van der Waals surface area contributed by atoms with Crippen molar-refractivity contribution >= 4 is 28.8 Å². The highest BCUT2D eigenvalue weighted by Crippen LogP contribution is 2.46. The van der Waals surface area contributed by atoms with E-state index in [4.69, 9.17) is 22.7 Å². The quantitative estimate of drug-likeness (QED) is 0.799. The summed E-state index contributed by atoms with van der Waals surface area (Å²) >= 11 is 4.95. The third-order valence-electron chi connectivity index (χ3n) is 3.06. The first-order valence-electron chi connectivity index (χ1n) is 5.93. The Bertz CT molecular complexity index is 484. The van der Waals surface area contributed by atoms with Gasteiger partial charge in [-0.1, -0.05) is 18.3 Å². The number of carbonyl (C=O) groups excluding carboxylic acids is 1. The highest BCUT2D eigenvalue weighted by molar-refractivity contribution is 7.80. The van der Waals surface area contributed by atoms with Crippen LogP contribution in [-0.2, 0) is 4.79 Å². The molecule has 0 saturated heterocycles. The fraction of sp³-hybridized carbons (Fsp3) is 0.385. The third-order valence-corrected chi connectivity index (χ3v) is 3.45. The standard InChI is InChI=1S/C13H16N2O2S/c1-2-17-10-5-3-4-9(8-10)15-12(16)13(6-7-13)11(14)18/h3-5,8H,2,6-7H2,1H3,(H2,14,18)(H,15,16). The second-order valence-corrected chi connectivity index (χ2v) is 4.80. The molecule has 18 heavy (non-hydrogen) atoms. The number of hydrogen-bond donors (Lipinski definition) is 2. The van der Waals surface area contributed by atoms with Gasteiger partial charge in [-0.3, -0.25) is 4.79 Å². The smallest absolute Gasteiger partial charge is 0.237 e. The van der Waals surface area contributed by atoms with Gasteiger partial charge in [0.25, 0.3) is 0 Å². The molecule has 0 radical (unpaired) electrons. The maximum Gasteiger partial charge on any atom is 0.237 e. The molecule has 0 atom stereocenters. The normalized spacial score (nSPS) is 15.8. The van der Waals surface area contributed by atoms with E-state index < -0.39 is 5.41 Å². The summed E-state index contributed by atoms with van der Waals surface area (Å²) in [6, 6.07) is 7.29. The first-order chi connectivity index (χ1) is 8.58. The minimum atomic E-state index is -0.628. The molecule has 96 valence electrons. The Balaban J connectivity index is 2.08. The molecular weight excluding hydrogens is 248 g/mol. The summed E-state index contributed by atoms with van der Waals surface area (Å²) in [4.78, 5) is 12.4. The molecule has 1 fully saturated rings. The van der Waals surface area contributed by atoms with Crippen LogP contribution < -0.4 is 15.8 Å². The van der Waals surface area contributed by atoms with Crippen molar-refractivity contribution in [3.8, 4) is 5.75 Å². The number of ether oxygens (including phenoxy) is 1. The Hall–Kier alpha value is -1.62. The Labute approximate surface area is 112 Å². The van der Waals surface area contributed by atoms with Crippen molar-refractivity contribution in [2.75, 3.05) is 11.9 Å². The van der Waals surface area contributed by atoms with Crippen LogP contribution in [0, 0.1) is 5.41 Å². The summed E-state index contributed by atoms with van der Waals surface area (Å²) in [6.07, 6.45) is 1.47. The van der Waals surface area contributed by atoms with E-state index in [-0.39, 0.29) is 10.9 Å². The van der Waals surface area contributed by atoms with Gasteiger partial charge in [0.15, 0.2) is 0 Å². The van der Waals surface area contributed by atoms with Gasteiger partial charge in [-0.15, -0.1) is 0 Å². The van der Waals surface area contributed by atoms with E-state index in [0.717, 1.165) is 18.6 Å². The Morgan fingerprint density at radius 3 is 2.83 bits per heavy atom. The predicted octanol–water partition coefficient (Wildman–Crippen LogP) is 2.09. The maximum atomic E-state index is 12.1. The highest BCUT2D eigenvalue weighted by Gasteiger charge is 2.52. The van der Waals surface area contributed by atoms with Crippen molar-refractivity contribution in [2.45, 2.75) is 19.8 Å². The average molecular weight is 264 g/mol. The van der Waals surface area contributed by atoms with E-state index in [9.17, 15) is 4.79 Å². The second kappa shape index (κ2) is 4.94. The molecule has 0 unspecified atom stereocenters. The molecule has 1 saturated carbocycles. The van der Waals surface area contributed by atoms with E-state index in [2.05, 4.69) is 5.32 Å². The summed E-state index contributed by atoms with van der Waals surface area (Å²) in [6.45, 7) is 2.51. The third kappa shape index (κ3) is 2.46. The van der Waals surface area contributed by atoms with Gasteiger partial charge in [0.1, 0.15) is 5.75 Å². The van der Waals surface area contributed by atoms with Crippen molar-refractivity contribution in [1.82, 2.24) is 0 Å². The fourth-order valence-corrected chi connectivity index (χ4v) is 2.09. The monoisotopic (exact) mass is 264 g/mol. The second-order valence-electron chi connectivity index (χ2n) is 4.36. The molecule has 5 heteroatoms. The topological polar surface area (TPSA) is 64.3 Å². The Morgan fingerprint density at radius 2 is 2.28 bits per heavy atom. The van der Waals surface area contributed by atoms with E-state index >= 15 is 0 Å². The minimum Gasteiger partial charge on any atom is -0.494 e. The van der Waals surface area contributed by atoms with Gasteiger partial charge in [-0.05, 0) is 31.9 Å². The van der Waals surface area contributed by atoms with Gasteiger partial charge in [0.2, 0.25) is 5.91 Å². The van der Waals surface area contributed by atoms with Crippen LogP contribution in [0.2, 0.25) is 0 Å². The number of amides is 1. The number of rotatable bonds is 5. The number of benzene rings is 1. The maximum absolute atomic E-state index is 12.1. The molecule has 1 aliphatic rings. The van der Waals surface area contributed by atoms with E-state index in [0.29, 0.717) is 12.3 Å². The van der Waals surface area contributed by atoms with Crippen LogP contribution in [0.15, 0.2) is 24.3 Å². The van der Waals surface area contributed by atoms with Crippen LogP contribution in [-0.4, -0.2) is 17.5 Å². The molecule has 0 aliphatic heterocycles. The molecule has 1 aliphatic carbocycles. The number of carbonyl (C=O) groups is 1. The lowest BCUT2D eigenvalue weighted by Gasteiger charge is -2.14. The predicted molar refractivity (Wildman–Crippen MR) is 74.7 cm³/mol. The van der Waals surface area contributed by atoms with Gasteiger partial charge < -0.3 is 15.8 Å². The molecule has 0 aromatic heterocycles. The molecule has 4 nitrogen and oxygen atoms in total. The number of anilines is 1. The summed E-state index contributed by atoms with van der Waals surface area (Å²) < 4.78 is 5.37. The Kier molecular flexibility index (Phi) is 3.52. The van der Waals surface area contributed by atoms with E-state index in [1.54, 1.807) is 6.07 Å². The van der Waals surface area contributed by atoms with Crippen molar-refractivity contribution in [2.24, 2.45) is 11.1 Å². The lowest BCUT2D eigenvalue weighted by molar-refractivity contribution is -0.118. The number of hydrogen-bond acceptors (Lipinski definition) is 3. The molecule has 3 N–H and O–H groups in total. The van der Waals surface area contributed by atoms with Crippen molar-refractivity contribution < 1.29 is 9.53 Å². The highest BCUT2D eigenvalue weighted by atomic mass is 32.1. The summed E-state index contributed by atoms with van der Waals surface area (Å²) in [5, 5.41) is 2.84. The van der Waals surface area contributed by atoms with Gasteiger partial charge in [-0.25, -0.2) is 0 Å². The lowest BCUT2D eigenvalue weighted by atomic mass is 10.1. The molecule has 0 heterocycles. The van der Waals surface area contributed by atoms with Crippen LogP contribution in [0.4, 0.5) is 5.69 Å². The zero-order valence-electron chi connectivity index (χ0n) is 10.2. The van der Waals surface area contributed by atoms with Crippen LogP contribution in [0.25, 0.3) is 0 Å². The SMILES string of the molecule is CCOc1cccc(NC(=O)C2(C(N)=S)CC2)c1. The molecule has 2 rings (SSSR count). The fourth-order valence-electron chi connectivity index (χ4n) is 1.79. The molecule has 1 aromatic rings. The number of nitrogens with one attached hydrogen (secondary N) is 1. The molecular formula is C13H16N2O2S. The van der Waals surface area contributed by atoms with Crippen LogP contribution in [0.5, 0.6) is 5.75 Å². The van der Waals surface area contributed by atoms with Crippen LogP contribution in [0.3, 0.4) is 0 Å². The van der Waals surface area contributed by atoms with Gasteiger partial charge in [-0.2, -0.15) is 0 Å². The van der Waals surface area contributed by atoms with Crippen molar-refractivity contribution in [3.63, 3.8) is 0 Å². The summed E-state index contributed by atoms with van der Waals surface area (Å²) in [5.41, 5.74) is 5.69. The van der Waals surface area contributed by atoms with Gasteiger partial charge in [0, 0.05) is 11.8 Å². The summed E-state index contributed by atoms with van der Waals surface area (Å²) in [7, 11) is 0. The zero-order valence-corrected chi connectivity index (χ0v) is 11.0. The minimum absolute atomic E-state index is 0.122. The number of nitrogens with two attached hydrogens (primary N) is 1. The van der Waals surface area contributed by atoms with E-state index in [1.165, 1.54) is 0 Å².